The van der Waals surface area contributed by atoms with E-state index < -0.39 is 0 Å². The van der Waals surface area contributed by atoms with Crippen molar-refractivity contribution < 1.29 is 0 Å². The second-order valence-corrected chi connectivity index (χ2v) is 5.97. The summed E-state index contributed by atoms with van der Waals surface area (Å²) in [6, 6.07) is 28.1. The van der Waals surface area contributed by atoms with E-state index in [1.54, 1.807) is 0 Å². The second kappa shape index (κ2) is 5.25. The molecule has 0 saturated heterocycles. The molecule has 0 fully saturated rings. The van der Waals surface area contributed by atoms with E-state index in [1.165, 1.54) is 27.4 Å². The summed E-state index contributed by atoms with van der Waals surface area (Å²) < 4.78 is 0. The van der Waals surface area contributed by atoms with Gasteiger partial charge in [0.1, 0.15) is 0 Å². The molecule has 0 bridgehead atoms. The summed E-state index contributed by atoms with van der Waals surface area (Å²) >= 11 is 0. The van der Waals surface area contributed by atoms with Gasteiger partial charge >= 0.3 is 0 Å². The van der Waals surface area contributed by atoms with Crippen LogP contribution in [0.5, 0.6) is 0 Å². The van der Waals surface area contributed by atoms with Gasteiger partial charge in [-0.05, 0) is 28.3 Å². The zero-order valence-electron chi connectivity index (χ0n) is 11.0. The van der Waals surface area contributed by atoms with Crippen molar-refractivity contribution in [2.24, 2.45) is 0 Å². The second-order valence-electron chi connectivity index (χ2n) is 4.82. The molecule has 3 rings (SSSR count). The summed E-state index contributed by atoms with van der Waals surface area (Å²) in [5, 5.41) is 1.43. The average molecular weight is 260 g/mol. The van der Waals surface area contributed by atoms with Crippen LogP contribution in [0.4, 0.5) is 0 Å². The maximum Gasteiger partial charge on any atom is 0.0385 e. The van der Waals surface area contributed by atoms with Crippen molar-refractivity contribution in [3.63, 3.8) is 0 Å². The minimum atomic E-state index is 1.07. The molecule has 0 aliphatic rings. The van der Waals surface area contributed by atoms with Gasteiger partial charge in [-0.15, -0.1) is 0 Å². The van der Waals surface area contributed by atoms with Gasteiger partial charge in [-0.1, -0.05) is 78.0 Å². The minimum Gasteiger partial charge on any atom is -0.0695 e. The lowest BCUT2D eigenvalue weighted by Gasteiger charge is -2.08. The van der Waals surface area contributed by atoms with Gasteiger partial charge in [0.25, 0.3) is 0 Å². The zero-order valence-corrected chi connectivity index (χ0v) is 13.0. The Morgan fingerprint density at radius 3 is 1.32 bits per heavy atom. The Balaban J connectivity index is 2.12. The molecule has 0 aliphatic carbocycles. The molecule has 0 unspecified atom stereocenters. The van der Waals surface area contributed by atoms with Crippen LogP contribution in [0.1, 0.15) is 0 Å². The largest absolute Gasteiger partial charge is 0.0695 e. The van der Waals surface area contributed by atoms with Crippen molar-refractivity contribution >= 4 is 15.4 Å². The lowest BCUT2D eigenvalue weighted by molar-refractivity contribution is 1.61. The first-order valence-electron chi connectivity index (χ1n) is 6.55. The Labute approximate surface area is 117 Å². The molecule has 0 heterocycles. The van der Waals surface area contributed by atoms with Gasteiger partial charge in [0.05, 0.1) is 0 Å². The van der Waals surface area contributed by atoms with Crippen LogP contribution in [0.3, 0.4) is 0 Å². The molecule has 1 heteroatoms. The van der Waals surface area contributed by atoms with Gasteiger partial charge in [-0.2, -0.15) is 0 Å². The van der Waals surface area contributed by atoms with Crippen molar-refractivity contribution in [2.75, 3.05) is 0 Å². The fourth-order valence-corrected chi connectivity index (χ4v) is 3.00. The Morgan fingerprint density at radius 2 is 0.895 bits per heavy atom. The van der Waals surface area contributed by atoms with E-state index in [0.717, 1.165) is 10.2 Å². The summed E-state index contributed by atoms with van der Waals surface area (Å²) in [5.41, 5.74) is 5.20. The molecular formula is C18H16Si. The average Bonchev–Trinajstić information content (AvgIpc) is 2.48. The first-order valence-corrected chi connectivity index (χ1v) is 7.55. The van der Waals surface area contributed by atoms with E-state index in [4.69, 9.17) is 0 Å². The Bertz CT molecular complexity index is 615. The fraction of sp³-hybridized carbons (Fsp3) is 0. The van der Waals surface area contributed by atoms with Crippen molar-refractivity contribution in [2.45, 2.75) is 0 Å². The van der Waals surface area contributed by atoms with Crippen molar-refractivity contribution in [3.8, 4) is 22.3 Å². The van der Waals surface area contributed by atoms with Crippen LogP contribution in [0.2, 0.25) is 0 Å². The molecule has 0 aromatic heterocycles. The molecular weight excluding hydrogens is 244 g/mol. The van der Waals surface area contributed by atoms with Gasteiger partial charge in [0.15, 0.2) is 0 Å². The molecule has 0 radical (unpaired) electrons. The normalized spacial score (nSPS) is 10.5. The van der Waals surface area contributed by atoms with E-state index >= 15 is 0 Å². The molecule has 0 saturated carbocycles. The lowest BCUT2D eigenvalue weighted by atomic mass is 9.99. The topological polar surface area (TPSA) is 0 Å². The lowest BCUT2D eigenvalue weighted by Crippen LogP contribution is -2.02. The van der Waals surface area contributed by atoms with Gasteiger partial charge < -0.3 is 0 Å². The Hall–Kier alpha value is -2.12. The maximum absolute atomic E-state index is 2.30. The number of rotatable bonds is 2. The van der Waals surface area contributed by atoms with Gasteiger partial charge in [0, 0.05) is 10.2 Å². The van der Waals surface area contributed by atoms with E-state index in [0.29, 0.717) is 0 Å². The summed E-state index contributed by atoms with van der Waals surface area (Å²) in [5.74, 6) is 0. The van der Waals surface area contributed by atoms with Crippen LogP contribution in [-0.4, -0.2) is 10.2 Å². The Morgan fingerprint density at radius 1 is 0.474 bits per heavy atom. The third-order valence-electron chi connectivity index (χ3n) is 3.29. The first kappa shape index (κ1) is 11.9. The summed E-state index contributed by atoms with van der Waals surface area (Å²) in [7, 11) is 1.07. The van der Waals surface area contributed by atoms with Crippen molar-refractivity contribution in [3.05, 3.63) is 78.9 Å². The predicted molar refractivity (Wildman–Crippen MR) is 86.9 cm³/mol. The van der Waals surface area contributed by atoms with E-state index in [9.17, 15) is 0 Å². The van der Waals surface area contributed by atoms with Crippen LogP contribution in [-0.2, 0) is 0 Å². The SMILES string of the molecule is [SiH3]c1cc(-c2ccccc2)cc(-c2ccccc2)c1. The quantitative estimate of drug-likeness (QED) is 0.621. The van der Waals surface area contributed by atoms with Crippen molar-refractivity contribution in [1.82, 2.24) is 0 Å². The molecule has 3 aromatic carbocycles. The summed E-state index contributed by atoms with van der Waals surface area (Å²) in [6.45, 7) is 0. The zero-order chi connectivity index (χ0) is 13.1. The third-order valence-corrected chi connectivity index (χ3v) is 3.87. The smallest absolute Gasteiger partial charge is 0.0385 e. The Kier molecular flexibility index (Phi) is 3.30. The molecule has 0 aliphatic heterocycles. The van der Waals surface area contributed by atoms with Crippen LogP contribution < -0.4 is 5.19 Å². The van der Waals surface area contributed by atoms with Gasteiger partial charge in [-0.25, -0.2) is 0 Å². The van der Waals surface area contributed by atoms with Crippen molar-refractivity contribution in [1.29, 1.82) is 0 Å². The maximum atomic E-state index is 2.30. The highest BCUT2D eigenvalue weighted by Gasteiger charge is 2.02. The monoisotopic (exact) mass is 260 g/mol. The summed E-state index contributed by atoms with van der Waals surface area (Å²) in [6.07, 6.45) is 0. The number of hydrogen-bond acceptors (Lipinski definition) is 0. The van der Waals surface area contributed by atoms with E-state index in [-0.39, 0.29) is 0 Å². The van der Waals surface area contributed by atoms with Crippen LogP contribution in [0.25, 0.3) is 22.3 Å². The molecule has 3 aromatic rings. The highest BCUT2D eigenvalue weighted by molar-refractivity contribution is 6.33. The third kappa shape index (κ3) is 2.66. The molecule has 0 nitrogen and oxygen atoms in total. The fourth-order valence-electron chi connectivity index (χ4n) is 2.38. The van der Waals surface area contributed by atoms with Crippen LogP contribution in [0.15, 0.2) is 78.9 Å². The number of hydrogen-bond donors (Lipinski definition) is 0. The van der Waals surface area contributed by atoms with Gasteiger partial charge in [-0.3, -0.25) is 0 Å². The molecule has 92 valence electrons. The van der Waals surface area contributed by atoms with Crippen LogP contribution >= 0.6 is 0 Å². The molecule has 0 amide bonds. The molecule has 19 heavy (non-hydrogen) atoms. The molecule has 0 atom stereocenters. The van der Waals surface area contributed by atoms with Crippen LogP contribution in [0, 0.1) is 0 Å². The van der Waals surface area contributed by atoms with E-state index in [2.05, 4.69) is 78.9 Å². The first-order chi connectivity index (χ1) is 9.33. The highest BCUT2D eigenvalue weighted by Crippen LogP contribution is 2.24. The minimum absolute atomic E-state index is 1.07. The van der Waals surface area contributed by atoms with E-state index in [1.807, 2.05) is 0 Å². The highest BCUT2D eigenvalue weighted by atomic mass is 28.1. The summed E-state index contributed by atoms with van der Waals surface area (Å²) in [4.78, 5) is 0. The molecule has 0 spiro atoms. The molecule has 0 N–H and O–H groups in total. The predicted octanol–water partition coefficient (Wildman–Crippen LogP) is 3.01. The standard InChI is InChI=1S/C18H16Si/c19-18-12-16(14-7-3-1-4-8-14)11-17(13-18)15-9-5-2-6-10-15/h1-13H,19H3. The number of benzene rings is 3. The van der Waals surface area contributed by atoms with Gasteiger partial charge in [0.2, 0.25) is 0 Å².